The molecule has 0 aromatic heterocycles. The summed E-state index contributed by atoms with van der Waals surface area (Å²) in [5.41, 5.74) is 1.19. The molecule has 2 nitrogen and oxygen atoms in total. The summed E-state index contributed by atoms with van der Waals surface area (Å²) in [6.07, 6.45) is 1.29. The van der Waals surface area contributed by atoms with Gasteiger partial charge >= 0.3 is 224 Å². The molecule has 206 valence electrons. The van der Waals surface area contributed by atoms with Crippen LogP contribution in [-0.4, -0.2) is 53.4 Å². The van der Waals surface area contributed by atoms with Gasteiger partial charge < -0.3 is 12.4 Å². The molecule has 1 heterocycles. The van der Waals surface area contributed by atoms with Gasteiger partial charge in [0.05, 0.1) is 0 Å². The zero-order valence-corrected chi connectivity index (χ0v) is 23.9. The van der Waals surface area contributed by atoms with Crippen molar-refractivity contribution in [1.29, 1.82) is 0 Å². The van der Waals surface area contributed by atoms with E-state index in [0.29, 0.717) is 5.57 Å². The van der Waals surface area contributed by atoms with Crippen molar-refractivity contribution >= 4 is 36.4 Å². The Bertz CT molecular complexity index is 1390. The first kappa shape index (κ1) is 30.5. The van der Waals surface area contributed by atoms with Crippen LogP contribution in [0.25, 0.3) is 10.0 Å². The largest absolute Gasteiger partial charge is 1.00 e. The monoisotopic (exact) mass is 630 g/mol. The van der Waals surface area contributed by atoms with Gasteiger partial charge in [-0.15, -0.1) is 0 Å². The van der Waals surface area contributed by atoms with Gasteiger partial charge in [0, 0.05) is 0 Å². The fourth-order valence-corrected chi connectivity index (χ4v) is 6.26. The Morgan fingerprint density at radius 2 is 1.26 bits per heavy atom. The minimum atomic E-state index is -4.92. The van der Waals surface area contributed by atoms with Gasteiger partial charge in [-0.1, -0.05) is 0 Å². The van der Waals surface area contributed by atoms with Crippen LogP contribution in [0.1, 0.15) is 22.3 Å². The van der Waals surface area contributed by atoms with Crippen LogP contribution in [0.15, 0.2) is 89.0 Å². The number of halogens is 7. The Hall–Kier alpha value is -3.00. The fourth-order valence-electron chi connectivity index (χ4n) is 3.92. The number of hydrogen-bond donors (Lipinski definition) is 0. The summed E-state index contributed by atoms with van der Waals surface area (Å²) in [5.74, 6) is 0. The third-order valence-electron chi connectivity index (χ3n) is 6.05. The number of rotatable bonds is 3. The van der Waals surface area contributed by atoms with Crippen LogP contribution in [0.5, 0.6) is 0 Å². The van der Waals surface area contributed by atoms with Crippen LogP contribution < -0.4 is 17.3 Å². The van der Waals surface area contributed by atoms with E-state index >= 15 is 0 Å². The molecule has 0 spiro atoms. The maximum absolute atomic E-state index is 13.6. The number of anilines is 1. The summed E-state index contributed by atoms with van der Waals surface area (Å²) in [6.45, 7) is 0. The van der Waals surface area contributed by atoms with Gasteiger partial charge in [0.1, 0.15) is 0 Å². The molecule has 2 aromatic carbocycles. The molecule has 0 saturated heterocycles. The summed E-state index contributed by atoms with van der Waals surface area (Å²) in [7, 11) is 7.65. The van der Waals surface area contributed by atoms with Crippen molar-refractivity contribution in [1.82, 2.24) is 0 Å². The van der Waals surface area contributed by atoms with Crippen LogP contribution in [0.4, 0.5) is 32.0 Å². The summed E-state index contributed by atoms with van der Waals surface area (Å²) in [5, 5.41) is 0. The van der Waals surface area contributed by atoms with E-state index in [1.807, 2.05) is 86.2 Å². The summed E-state index contributed by atoms with van der Waals surface area (Å²) in [6, 6.07) is 9.44. The summed E-state index contributed by atoms with van der Waals surface area (Å²) < 4.78 is 85.1. The molecule has 0 unspecified atom stereocenters. The molecule has 1 aliphatic heterocycles. The second-order valence-electron chi connectivity index (χ2n) is 9.25. The maximum Gasteiger partial charge on any atom is -1.00 e. The molecule has 0 saturated carbocycles. The SMILES string of the molecule is CN(C)c1ccc(C2=CC(c3cc(C(F)(F)F)cc(C(F)(F)F)c3)=CC(=C3C=CC(=[N+](C)C)C=C3)[Se]2)cc1.[Cl-]. The molecular weight excluding hydrogens is 605 g/mol. The maximum atomic E-state index is 13.6. The average molecular weight is 630 g/mol. The van der Waals surface area contributed by atoms with Gasteiger partial charge in [0.25, 0.3) is 0 Å². The first-order valence-electron chi connectivity index (χ1n) is 11.6. The average Bonchev–Trinajstić information content (AvgIpc) is 2.87. The molecular formula is C29H25ClF6N2Se. The Morgan fingerprint density at radius 3 is 1.72 bits per heavy atom. The molecule has 39 heavy (non-hydrogen) atoms. The van der Waals surface area contributed by atoms with Crippen molar-refractivity contribution < 1.29 is 43.3 Å². The van der Waals surface area contributed by atoms with E-state index < -0.39 is 23.5 Å². The van der Waals surface area contributed by atoms with Crippen molar-refractivity contribution in [3.05, 3.63) is 111 Å². The third kappa shape index (κ3) is 7.15. The number of nitrogens with zero attached hydrogens (tertiary/aromatic N) is 2. The molecule has 10 heteroatoms. The minimum Gasteiger partial charge on any atom is -1.00 e. The number of hydrogen-bond acceptors (Lipinski definition) is 1. The Morgan fingerprint density at radius 1 is 0.718 bits per heavy atom. The van der Waals surface area contributed by atoms with Crippen molar-refractivity contribution in [3.63, 3.8) is 0 Å². The van der Waals surface area contributed by atoms with Crippen LogP contribution in [0.2, 0.25) is 0 Å². The van der Waals surface area contributed by atoms with Gasteiger partial charge in [0.2, 0.25) is 0 Å². The summed E-state index contributed by atoms with van der Waals surface area (Å²) in [4.78, 5) is 1.95. The van der Waals surface area contributed by atoms with Crippen LogP contribution >= 0.6 is 0 Å². The smallest absolute Gasteiger partial charge is 1.00 e. The van der Waals surface area contributed by atoms with E-state index in [9.17, 15) is 26.3 Å². The van der Waals surface area contributed by atoms with E-state index in [2.05, 4.69) is 0 Å². The third-order valence-corrected chi connectivity index (χ3v) is 8.46. The molecule has 0 N–H and O–H groups in total. The quantitative estimate of drug-likeness (QED) is 0.283. The van der Waals surface area contributed by atoms with Crippen molar-refractivity contribution in [2.75, 3.05) is 33.1 Å². The molecule has 2 aliphatic rings. The van der Waals surface area contributed by atoms with Gasteiger partial charge in [0.15, 0.2) is 0 Å². The normalized spacial score (nSPS) is 15.6. The zero-order valence-electron chi connectivity index (χ0n) is 21.5. The molecule has 0 atom stereocenters. The van der Waals surface area contributed by atoms with E-state index in [1.165, 1.54) is 0 Å². The van der Waals surface area contributed by atoms with E-state index in [4.69, 9.17) is 0 Å². The first-order chi connectivity index (χ1) is 17.7. The molecule has 2 aromatic rings. The molecule has 0 amide bonds. The van der Waals surface area contributed by atoms with Crippen LogP contribution in [0, 0.1) is 0 Å². The van der Waals surface area contributed by atoms with Crippen LogP contribution in [-0.2, 0) is 12.4 Å². The Kier molecular flexibility index (Phi) is 9.10. The number of alkyl halides is 6. The van der Waals surface area contributed by atoms with Gasteiger partial charge in [-0.25, -0.2) is 0 Å². The van der Waals surface area contributed by atoms with E-state index in [-0.39, 0.29) is 39.0 Å². The van der Waals surface area contributed by atoms with Crippen molar-refractivity contribution in [2.45, 2.75) is 12.4 Å². The number of benzene rings is 2. The molecule has 0 fully saturated rings. The van der Waals surface area contributed by atoms with Gasteiger partial charge in [-0.3, -0.25) is 0 Å². The fraction of sp³-hybridized carbons (Fsp3) is 0.207. The van der Waals surface area contributed by atoms with Gasteiger partial charge in [-0.05, 0) is 0 Å². The van der Waals surface area contributed by atoms with Crippen molar-refractivity contribution in [3.8, 4) is 0 Å². The zero-order chi connectivity index (χ0) is 27.8. The minimum absolute atomic E-state index is 0. The second-order valence-corrected chi connectivity index (χ2v) is 11.5. The van der Waals surface area contributed by atoms with Gasteiger partial charge in [-0.2, -0.15) is 0 Å². The molecule has 4 rings (SSSR count). The summed E-state index contributed by atoms with van der Waals surface area (Å²) >= 11 is -0.239. The second kappa shape index (κ2) is 11.6. The predicted octanol–water partition coefficient (Wildman–Crippen LogP) is 4.03. The Balaban J connectivity index is 0.00000420. The van der Waals surface area contributed by atoms with Crippen LogP contribution in [0.3, 0.4) is 0 Å². The Labute approximate surface area is 236 Å². The topological polar surface area (TPSA) is 6.25 Å². The molecule has 1 aliphatic carbocycles. The molecule has 0 radical (unpaired) electrons. The predicted molar refractivity (Wildman–Crippen MR) is 141 cm³/mol. The molecule has 0 bridgehead atoms. The van der Waals surface area contributed by atoms with E-state index in [1.54, 1.807) is 12.2 Å². The van der Waals surface area contributed by atoms with E-state index in [0.717, 1.165) is 43.6 Å². The first-order valence-corrected chi connectivity index (χ1v) is 13.3. The number of allylic oxidation sites excluding steroid dienone is 9. The standard InChI is InChI=1S/C29H25F6N2Se.ClH/c1-36(2)24-9-5-18(6-10-24)26-15-21(16-27(38-26)19-7-11-25(12-8-19)37(3)4)20-13-22(28(30,31)32)17-23(14-20)29(33,34)35;/h5-17H,1-4H3;1H/q+1;/p-1. The van der Waals surface area contributed by atoms with Crippen molar-refractivity contribution in [2.24, 2.45) is 0 Å².